The second-order valence-corrected chi connectivity index (χ2v) is 13.3. The molecule has 4 aliphatic heterocycles. The Hall–Kier alpha value is -3.61. The lowest BCUT2D eigenvalue weighted by atomic mass is 9.86. The summed E-state index contributed by atoms with van der Waals surface area (Å²) < 4.78 is 6.49. The van der Waals surface area contributed by atoms with Crippen LogP contribution in [-0.4, -0.2) is 106 Å². The molecule has 1 aromatic heterocycles. The number of hydrogen-bond donors (Lipinski definition) is 1. The first-order valence-corrected chi connectivity index (χ1v) is 16.3. The maximum Gasteiger partial charge on any atom is 0.262 e. The minimum atomic E-state index is -0.964. The van der Waals surface area contributed by atoms with Crippen LogP contribution in [0.1, 0.15) is 71.7 Å². The van der Waals surface area contributed by atoms with Gasteiger partial charge in [-0.15, -0.1) is 0 Å². The van der Waals surface area contributed by atoms with Crippen molar-refractivity contribution in [3.05, 3.63) is 46.2 Å². The molecule has 4 fully saturated rings. The largest absolute Gasteiger partial charge is 0.375 e. The number of nitrogens with zero attached hydrogens (tertiary/aromatic N) is 6. The fraction of sp³-hybridized carbons (Fsp3) is 0.562. The molecule has 5 aliphatic rings. The van der Waals surface area contributed by atoms with Crippen LogP contribution in [0.5, 0.6) is 0 Å². The number of amides is 4. The number of imide groups is 2. The number of nitrogens with one attached hydrogen (secondary N) is 1. The van der Waals surface area contributed by atoms with E-state index in [4.69, 9.17) is 16.3 Å². The van der Waals surface area contributed by atoms with Gasteiger partial charge in [-0.1, -0.05) is 11.6 Å². The molecular formula is C32H38ClN7O5. The summed E-state index contributed by atoms with van der Waals surface area (Å²) in [6.07, 6.45) is 8.07. The zero-order chi connectivity index (χ0) is 31.4. The predicted octanol–water partition coefficient (Wildman–Crippen LogP) is 2.57. The van der Waals surface area contributed by atoms with Gasteiger partial charge in [0, 0.05) is 56.9 Å². The van der Waals surface area contributed by atoms with E-state index in [2.05, 4.69) is 36.9 Å². The van der Waals surface area contributed by atoms with Crippen molar-refractivity contribution in [2.75, 3.05) is 42.5 Å². The molecular weight excluding hydrogens is 598 g/mol. The Bertz CT molecular complexity index is 1520. The van der Waals surface area contributed by atoms with E-state index in [1.54, 1.807) is 18.5 Å². The molecule has 13 heteroatoms. The number of piperazine rings is 1. The maximum absolute atomic E-state index is 13.5. The number of aromatic nitrogens is 2. The third kappa shape index (κ3) is 5.57. The fourth-order valence-corrected chi connectivity index (χ4v) is 7.73. The summed E-state index contributed by atoms with van der Waals surface area (Å²) in [4.78, 5) is 67.6. The third-order valence-corrected chi connectivity index (χ3v) is 10.3. The van der Waals surface area contributed by atoms with Gasteiger partial charge >= 0.3 is 0 Å². The highest BCUT2D eigenvalue weighted by atomic mass is 35.5. The average Bonchev–Trinajstić information content (AvgIpc) is 3.26. The van der Waals surface area contributed by atoms with Crippen molar-refractivity contribution in [2.24, 2.45) is 0 Å². The van der Waals surface area contributed by atoms with Gasteiger partial charge in [0.05, 0.1) is 40.8 Å². The van der Waals surface area contributed by atoms with Crippen LogP contribution in [0.2, 0.25) is 5.02 Å². The molecule has 0 bridgehead atoms. The van der Waals surface area contributed by atoms with E-state index < -0.39 is 23.8 Å². The number of rotatable bonds is 6. The van der Waals surface area contributed by atoms with Gasteiger partial charge in [0.15, 0.2) is 0 Å². The summed E-state index contributed by atoms with van der Waals surface area (Å²) >= 11 is 5.92. The molecule has 1 N–H and O–H groups in total. The fourth-order valence-electron chi connectivity index (χ4n) is 7.64. The zero-order valence-corrected chi connectivity index (χ0v) is 26.3. The van der Waals surface area contributed by atoms with Crippen LogP contribution in [-0.2, 0) is 14.3 Å². The summed E-state index contributed by atoms with van der Waals surface area (Å²) in [5, 5.41) is 2.80. The van der Waals surface area contributed by atoms with Crippen molar-refractivity contribution in [1.82, 2.24) is 25.1 Å². The van der Waals surface area contributed by atoms with E-state index >= 15 is 0 Å². The Morgan fingerprint density at radius 2 is 1.64 bits per heavy atom. The molecule has 1 saturated carbocycles. The van der Waals surface area contributed by atoms with Gasteiger partial charge in [-0.3, -0.25) is 34.3 Å². The number of ether oxygens (including phenoxy) is 1. The van der Waals surface area contributed by atoms with Crippen molar-refractivity contribution in [2.45, 2.75) is 82.7 Å². The molecule has 1 aromatic carbocycles. The van der Waals surface area contributed by atoms with Gasteiger partial charge in [-0.05, 0) is 63.6 Å². The second-order valence-electron chi connectivity index (χ2n) is 12.9. The van der Waals surface area contributed by atoms with Crippen molar-refractivity contribution in [3.8, 4) is 0 Å². The lowest BCUT2D eigenvalue weighted by molar-refractivity contribution is -0.136. The summed E-state index contributed by atoms with van der Waals surface area (Å²) in [6.45, 7) is 8.41. The van der Waals surface area contributed by atoms with Gasteiger partial charge in [-0.25, -0.2) is 9.97 Å². The summed E-state index contributed by atoms with van der Waals surface area (Å²) in [7, 11) is 0. The maximum atomic E-state index is 13.5. The van der Waals surface area contributed by atoms with Crippen molar-refractivity contribution in [1.29, 1.82) is 0 Å². The molecule has 2 atom stereocenters. The molecule has 2 aromatic rings. The smallest absolute Gasteiger partial charge is 0.262 e. The van der Waals surface area contributed by atoms with Crippen molar-refractivity contribution in [3.63, 3.8) is 0 Å². The number of hydrogen-bond acceptors (Lipinski definition) is 10. The average molecular weight is 636 g/mol. The number of carbonyl (C=O) groups is 4. The third-order valence-electron chi connectivity index (χ3n) is 10.1. The molecule has 3 saturated heterocycles. The first kappa shape index (κ1) is 30.1. The van der Waals surface area contributed by atoms with Gasteiger partial charge in [-0.2, -0.15) is 0 Å². The van der Waals surface area contributed by atoms with E-state index in [1.165, 1.54) is 0 Å². The van der Waals surface area contributed by atoms with Crippen LogP contribution in [0.4, 0.5) is 11.6 Å². The summed E-state index contributed by atoms with van der Waals surface area (Å²) in [5.41, 5.74) is 2.38. The molecule has 1 aliphatic carbocycles. The molecule has 0 spiro atoms. The van der Waals surface area contributed by atoms with Gasteiger partial charge in [0.1, 0.15) is 6.04 Å². The van der Waals surface area contributed by atoms with Crippen LogP contribution < -0.4 is 15.1 Å². The van der Waals surface area contributed by atoms with E-state index in [-0.39, 0.29) is 24.9 Å². The first-order chi connectivity index (χ1) is 21.7. The van der Waals surface area contributed by atoms with E-state index in [1.807, 2.05) is 13.0 Å². The summed E-state index contributed by atoms with van der Waals surface area (Å²) in [5.74, 6) is -1.19. The van der Waals surface area contributed by atoms with E-state index in [0.29, 0.717) is 34.3 Å². The highest BCUT2D eigenvalue weighted by Gasteiger charge is 2.46. The highest BCUT2D eigenvalue weighted by Crippen LogP contribution is 2.37. The molecule has 7 rings (SSSR count). The van der Waals surface area contributed by atoms with Crippen LogP contribution in [0, 0.1) is 6.92 Å². The quantitative estimate of drug-likeness (QED) is 0.473. The minimum Gasteiger partial charge on any atom is -0.375 e. The Labute approximate surface area is 267 Å². The zero-order valence-electron chi connectivity index (χ0n) is 25.6. The van der Waals surface area contributed by atoms with Crippen molar-refractivity contribution < 1.29 is 23.9 Å². The number of anilines is 2. The SMILES string of the molecule is Cc1c(N2CCN(C3CC(OC4CCN(c5ncc(Cl)cn5)CC4)C3)[C@@H](C)C2)ccc2c1C(=O)N([C@@H]1CCC(=O)NC1=O)C2=O. The molecule has 4 amide bonds. The predicted molar refractivity (Wildman–Crippen MR) is 166 cm³/mol. The number of benzene rings is 1. The van der Waals surface area contributed by atoms with Gasteiger partial charge < -0.3 is 14.5 Å². The molecule has 45 heavy (non-hydrogen) atoms. The van der Waals surface area contributed by atoms with Crippen LogP contribution in [0.25, 0.3) is 0 Å². The Kier molecular flexibility index (Phi) is 7.99. The second kappa shape index (κ2) is 12.0. The highest BCUT2D eigenvalue weighted by molar-refractivity contribution is 6.30. The summed E-state index contributed by atoms with van der Waals surface area (Å²) in [6, 6.07) is 3.48. The normalized spacial score (nSPS) is 27.9. The van der Waals surface area contributed by atoms with E-state index in [9.17, 15) is 19.2 Å². The lowest BCUT2D eigenvalue weighted by Gasteiger charge is -2.50. The van der Waals surface area contributed by atoms with Crippen LogP contribution in [0.15, 0.2) is 24.5 Å². The molecule has 0 radical (unpaired) electrons. The number of carbonyl (C=O) groups excluding carboxylic acids is 4. The number of fused-ring (bicyclic) bond motifs is 1. The number of piperidine rings is 2. The molecule has 238 valence electrons. The van der Waals surface area contributed by atoms with E-state index in [0.717, 1.165) is 80.5 Å². The standard InChI is InChI=1S/C32H38ClN7O5/c1-18-17-38(25-4-3-24-28(19(25)2)31(44)40(30(24)43)26-5-6-27(41)36-29(26)42)11-12-39(18)21-13-23(14-21)45-22-7-9-37(10-8-22)32-34-15-20(33)16-35-32/h3-4,15-16,18,21-23,26H,5-14,17H2,1-2H3,(H,36,41,42)/t18-,21?,23?,26+/m0/s1. The van der Waals surface area contributed by atoms with Crippen molar-refractivity contribution >= 4 is 46.9 Å². The van der Waals surface area contributed by atoms with Crippen LogP contribution >= 0.6 is 11.6 Å². The topological polar surface area (TPSA) is 128 Å². The van der Waals surface area contributed by atoms with Gasteiger partial charge in [0.2, 0.25) is 17.8 Å². The van der Waals surface area contributed by atoms with Gasteiger partial charge in [0.25, 0.3) is 11.8 Å². The minimum absolute atomic E-state index is 0.102. The first-order valence-electron chi connectivity index (χ1n) is 15.9. The molecule has 0 unspecified atom stereocenters. The Morgan fingerprint density at radius 3 is 2.33 bits per heavy atom. The lowest BCUT2D eigenvalue weighted by Crippen LogP contribution is -2.60. The molecule has 5 heterocycles. The Balaban J connectivity index is 0.919. The Morgan fingerprint density at radius 1 is 0.911 bits per heavy atom. The molecule has 12 nitrogen and oxygen atoms in total. The van der Waals surface area contributed by atoms with Crippen LogP contribution in [0.3, 0.4) is 0 Å². The monoisotopic (exact) mass is 635 g/mol. The number of halogens is 1.